The van der Waals surface area contributed by atoms with E-state index in [1.54, 1.807) is 0 Å². The maximum Gasteiger partial charge on any atom is 0.328 e. The number of esters is 1. The molecule has 0 aromatic carbocycles. The van der Waals surface area contributed by atoms with Crippen LogP contribution < -0.4 is 10.6 Å². The van der Waals surface area contributed by atoms with Crippen LogP contribution in [0.4, 0.5) is 0 Å². The summed E-state index contributed by atoms with van der Waals surface area (Å²) in [5.74, 6) is -1.34. The van der Waals surface area contributed by atoms with E-state index in [-0.39, 0.29) is 17.5 Å². The molecule has 1 aliphatic rings. The molecule has 2 N–H and O–H groups in total. The average molecular weight is 390 g/mol. The number of carbonyl (C=O) groups excluding carboxylic acids is 3. The first-order chi connectivity index (χ1) is 13.2. The van der Waals surface area contributed by atoms with Crippen LogP contribution in [0.15, 0.2) is 18.6 Å². The fourth-order valence-electron chi connectivity index (χ4n) is 3.48. The molecule has 1 saturated carbocycles. The molecule has 0 spiro atoms. The first-order valence-electron chi connectivity index (χ1n) is 9.69. The number of rotatable bonds is 6. The van der Waals surface area contributed by atoms with Gasteiger partial charge in [-0.25, -0.2) is 9.78 Å². The lowest BCUT2D eigenvalue weighted by Gasteiger charge is -2.34. The second-order valence-corrected chi connectivity index (χ2v) is 8.27. The molecule has 8 nitrogen and oxygen atoms in total. The third kappa shape index (κ3) is 5.74. The maximum absolute atomic E-state index is 13.1. The molecule has 8 heteroatoms. The zero-order chi connectivity index (χ0) is 20.7. The first kappa shape index (κ1) is 21.8. The Hall–Kier alpha value is -2.51. The molecular formula is C20H30N4O4. The Morgan fingerprint density at radius 2 is 1.79 bits per heavy atom. The van der Waals surface area contributed by atoms with E-state index in [1.807, 2.05) is 20.8 Å². The molecular weight excluding hydrogens is 360 g/mol. The summed E-state index contributed by atoms with van der Waals surface area (Å²) in [6.07, 6.45) is 9.09. The van der Waals surface area contributed by atoms with Crippen molar-refractivity contribution in [2.75, 3.05) is 7.11 Å². The van der Waals surface area contributed by atoms with Gasteiger partial charge in [0.05, 0.1) is 13.3 Å². The van der Waals surface area contributed by atoms with Gasteiger partial charge >= 0.3 is 5.97 Å². The van der Waals surface area contributed by atoms with Crippen LogP contribution >= 0.6 is 0 Å². The molecule has 2 amide bonds. The summed E-state index contributed by atoms with van der Waals surface area (Å²) in [6.45, 7) is 5.55. The van der Waals surface area contributed by atoms with E-state index in [0.29, 0.717) is 0 Å². The van der Waals surface area contributed by atoms with Crippen molar-refractivity contribution in [3.05, 3.63) is 24.3 Å². The average Bonchev–Trinajstić information content (AvgIpc) is 2.69. The van der Waals surface area contributed by atoms with E-state index in [1.165, 1.54) is 25.7 Å². The second-order valence-electron chi connectivity index (χ2n) is 8.27. The fraction of sp³-hybridized carbons (Fsp3) is 0.650. The zero-order valence-electron chi connectivity index (χ0n) is 17.0. The predicted octanol–water partition coefficient (Wildman–Crippen LogP) is 1.86. The van der Waals surface area contributed by atoms with Gasteiger partial charge in [-0.1, -0.05) is 40.0 Å². The Bertz CT molecular complexity index is 681. The summed E-state index contributed by atoms with van der Waals surface area (Å²) < 4.78 is 4.86. The van der Waals surface area contributed by atoms with E-state index >= 15 is 0 Å². The van der Waals surface area contributed by atoms with Crippen molar-refractivity contribution in [3.8, 4) is 0 Å². The minimum absolute atomic E-state index is 0.00707. The molecule has 0 radical (unpaired) electrons. The number of methoxy groups -OCH3 is 1. The largest absolute Gasteiger partial charge is 0.467 e. The van der Waals surface area contributed by atoms with E-state index in [4.69, 9.17) is 4.74 Å². The Morgan fingerprint density at radius 3 is 2.32 bits per heavy atom. The van der Waals surface area contributed by atoms with Crippen molar-refractivity contribution < 1.29 is 19.1 Å². The smallest absolute Gasteiger partial charge is 0.328 e. The van der Waals surface area contributed by atoms with Crippen LogP contribution in [0.1, 0.15) is 63.4 Å². The van der Waals surface area contributed by atoms with Crippen LogP contribution in [0.3, 0.4) is 0 Å². The van der Waals surface area contributed by atoms with Gasteiger partial charge in [0.15, 0.2) is 0 Å². The number of aromatic nitrogens is 2. The van der Waals surface area contributed by atoms with Gasteiger partial charge in [0.25, 0.3) is 5.91 Å². The molecule has 0 saturated heterocycles. The third-order valence-corrected chi connectivity index (χ3v) is 5.08. The fourth-order valence-corrected chi connectivity index (χ4v) is 3.48. The lowest BCUT2D eigenvalue weighted by atomic mass is 9.82. The molecule has 1 aliphatic carbocycles. The van der Waals surface area contributed by atoms with Gasteiger partial charge in [-0.15, -0.1) is 0 Å². The second kappa shape index (κ2) is 9.61. The Balaban J connectivity index is 2.21. The summed E-state index contributed by atoms with van der Waals surface area (Å²) in [7, 11) is 1.29. The highest BCUT2D eigenvalue weighted by atomic mass is 16.5. The van der Waals surface area contributed by atoms with Gasteiger partial charge in [-0.2, -0.15) is 0 Å². The summed E-state index contributed by atoms with van der Waals surface area (Å²) in [4.78, 5) is 45.8. The first-order valence-corrected chi connectivity index (χ1v) is 9.69. The van der Waals surface area contributed by atoms with Crippen molar-refractivity contribution in [2.45, 2.75) is 65.0 Å². The van der Waals surface area contributed by atoms with E-state index in [2.05, 4.69) is 20.6 Å². The lowest BCUT2D eigenvalue weighted by molar-refractivity contribution is -0.148. The van der Waals surface area contributed by atoms with E-state index < -0.39 is 29.4 Å². The number of nitrogens with zero attached hydrogens (tertiary/aromatic N) is 2. The number of ether oxygens (including phenoxy) is 1. The van der Waals surface area contributed by atoms with Gasteiger partial charge in [0.1, 0.15) is 17.8 Å². The molecule has 1 aromatic heterocycles. The monoisotopic (exact) mass is 390 g/mol. The number of hydrogen-bond acceptors (Lipinski definition) is 6. The minimum Gasteiger partial charge on any atom is -0.467 e. The van der Waals surface area contributed by atoms with Crippen molar-refractivity contribution >= 4 is 17.8 Å². The summed E-state index contributed by atoms with van der Waals surface area (Å²) in [5.41, 5.74) is -0.383. The SMILES string of the molecule is COC(=O)C(NC(=O)[C@@H](NC(=O)c1cnccn1)C1CCCCC1)C(C)(C)C. The molecule has 2 atom stereocenters. The summed E-state index contributed by atoms with van der Waals surface area (Å²) in [5, 5.41) is 5.61. The highest BCUT2D eigenvalue weighted by Gasteiger charge is 2.38. The molecule has 0 aliphatic heterocycles. The van der Waals surface area contributed by atoms with Crippen molar-refractivity contribution in [1.29, 1.82) is 0 Å². The third-order valence-electron chi connectivity index (χ3n) is 5.08. The molecule has 2 rings (SSSR count). The highest BCUT2D eigenvalue weighted by Crippen LogP contribution is 2.28. The topological polar surface area (TPSA) is 110 Å². The Kier molecular flexibility index (Phi) is 7.48. The number of hydrogen-bond donors (Lipinski definition) is 2. The van der Waals surface area contributed by atoms with Crippen LogP contribution in [-0.4, -0.2) is 46.9 Å². The van der Waals surface area contributed by atoms with Gasteiger partial charge in [0, 0.05) is 12.4 Å². The van der Waals surface area contributed by atoms with Crippen LogP contribution in [0.25, 0.3) is 0 Å². The van der Waals surface area contributed by atoms with Gasteiger partial charge in [-0.05, 0) is 24.2 Å². The molecule has 1 aromatic rings. The van der Waals surface area contributed by atoms with Gasteiger partial charge in [0.2, 0.25) is 5.91 Å². The number of amides is 2. The van der Waals surface area contributed by atoms with Crippen LogP contribution in [-0.2, 0) is 14.3 Å². The lowest BCUT2D eigenvalue weighted by Crippen LogP contribution is -2.58. The highest BCUT2D eigenvalue weighted by molar-refractivity contribution is 5.96. The molecule has 28 heavy (non-hydrogen) atoms. The molecule has 0 bridgehead atoms. The molecule has 1 heterocycles. The molecule has 1 unspecified atom stereocenters. The maximum atomic E-state index is 13.1. The normalized spacial score (nSPS) is 17.3. The van der Waals surface area contributed by atoms with Gasteiger partial charge < -0.3 is 15.4 Å². The summed E-state index contributed by atoms with van der Waals surface area (Å²) >= 11 is 0. The van der Waals surface area contributed by atoms with E-state index in [0.717, 1.165) is 32.1 Å². The Labute approximate surface area is 165 Å². The number of nitrogens with one attached hydrogen (secondary N) is 2. The van der Waals surface area contributed by atoms with Crippen molar-refractivity contribution in [3.63, 3.8) is 0 Å². The van der Waals surface area contributed by atoms with Crippen LogP contribution in [0.5, 0.6) is 0 Å². The van der Waals surface area contributed by atoms with Crippen molar-refractivity contribution in [1.82, 2.24) is 20.6 Å². The van der Waals surface area contributed by atoms with Gasteiger partial charge in [-0.3, -0.25) is 14.6 Å². The predicted molar refractivity (Wildman–Crippen MR) is 103 cm³/mol. The Morgan fingerprint density at radius 1 is 1.11 bits per heavy atom. The molecule has 154 valence electrons. The number of carbonyl (C=O) groups is 3. The quantitative estimate of drug-likeness (QED) is 0.718. The van der Waals surface area contributed by atoms with E-state index in [9.17, 15) is 14.4 Å². The standard InChI is InChI=1S/C20H30N4O4/c1-20(2,3)16(19(27)28-4)24-18(26)15(13-8-6-5-7-9-13)23-17(25)14-12-21-10-11-22-14/h10-13,15-16H,5-9H2,1-4H3,(H,23,25)(H,24,26)/t15-,16?/m0/s1. The minimum atomic E-state index is -0.815. The van der Waals surface area contributed by atoms with Crippen molar-refractivity contribution in [2.24, 2.45) is 11.3 Å². The van der Waals surface area contributed by atoms with Crippen LogP contribution in [0, 0.1) is 11.3 Å². The zero-order valence-corrected chi connectivity index (χ0v) is 17.0. The molecule has 1 fully saturated rings. The van der Waals surface area contributed by atoms with Crippen LogP contribution in [0.2, 0.25) is 0 Å². The summed E-state index contributed by atoms with van der Waals surface area (Å²) in [6, 6.07) is -1.56.